The Bertz CT molecular complexity index is 117. The highest BCUT2D eigenvalue weighted by atomic mass is 16.2. The number of carbonyl (C=O) groups excluding carboxylic acids is 1. The Morgan fingerprint density at radius 1 is 1.33 bits per heavy atom. The van der Waals surface area contributed by atoms with Crippen molar-refractivity contribution in [2.24, 2.45) is 0 Å². The molecule has 0 saturated heterocycles. The average Bonchev–Trinajstić information content (AvgIpc) is 2.00. The Morgan fingerprint density at radius 2 is 1.92 bits per heavy atom. The van der Waals surface area contributed by atoms with E-state index in [2.05, 4.69) is 10.6 Å². The lowest BCUT2D eigenvalue weighted by Crippen LogP contribution is -2.37. The molecule has 0 aromatic heterocycles. The van der Waals surface area contributed by atoms with Crippen LogP contribution < -0.4 is 10.6 Å². The first-order chi connectivity index (χ1) is 5.22. The van der Waals surface area contributed by atoms with Crippen LogP contribution in [-0.4, -0.2) is 51.6 Å². The van der Waals surface area contributed by atoms with Gasteiger partial charge in [0.25, 0.3) is 0 Å². The molecule has 0 spiro atoms. The number of hydrogen-bond donors (Lipinski definition) is 2. The van der Waals surface area contributed by atoms with Crippen molar-refractivity contribution >= 4 is 5.91 Å². The molecule has 0 unspecified atom stereocenters. The van der Waals surface area contributed by atoms with E-state index in [1.54, 1.807) is 19.0 Å². The van der Waals surface area contributed by atoms with Gasteiger partial charge in [-0.25, -0.2) is 0 Å². The van der Waals surface area contributed by atoms with Crippen molar-refractivity contribution < 1.29 is 4.79 Å². The van der Waals surface area contributed by atoms with E-state index in [4.69, 9.17) is 0 Å². The number of likely N-dealkylation sites (N-methyl/N-ethyl adjacent to an activating group) is 3. The van der Waals surface area contributed by atoms with E-state index in [0.29, 0.717) is 6.54 Å². The standard InChI is InChI=1S/C7H17N3O.CH4/c1-8-4-5-10(3)7(11)6-9-2;/h8-9H,4-6H2,1-3H3;1H4. The monoisotopic (exact) mass is 175 g/mol. The Morgan fingerprint density at radius 3 is 2.33 bits per heavy atom. The quantitative estimate of drug-likeness (QED) is 0.593. The smallest absolute Gasteiger partial charge is 0.236 e. The molecule has 0 saturated carbocycles. The number of nitrogens with one attached hydrogen (secondary N) is 2. The molecular formula is C8H21N3O. The zero-order valence-electron chi connectivity index (χ0n) is 7.48. The summed E-state index contributed by atoms with van der Waals surface area (Å²) < 4.78 is 0. The predicted octanol–water partition coefficient (Wildman–Crippen LogP) is -0.480. The number of carbonyl (C=O) groups is 1. The Labute approximate surface area is 75.3 Å². The fourth-order valence-electron chi connectivity index (χ4n) is 0.690. The van der Waals surface area contributed by atoms with Crippen LogP contribution in [-0.2, 0) is 4.79 Å². The molecule has 74 valence electrons. The number of hydrogen-bond acceptors (Lipinski definition) is 3. The zero-order valence-corrected chi connectivity index (χ0v) is 7.48. The minimum absolute atomic E-state index is 0. The van der Waals surface area contributed by atoms with Gasteiger partial charge in [0, 0.05) is 20.1 Å². The summed E-state index contributed by atoms with van der Waals surface area (Å²) in [4.78, 5) is 12.8. The Kier molecular flexibility index (Phi) is 9.86. The molecule has 0 aromatic carbocycles. The van der Waals surface area contributed by atoms with Crippen LogP contribution in [0.25, 0.3) is 0 Å². The van der Waals surface area contributed by atoms with Crippen LogP contribution in [0.3, 0.4) is 0 Å². The molecule has 0 aliphatic carbocycles. The summed E-state index contributed by atoms with van der Waals surface area (Å²) in [5.74, 6) is 0.128. The van der Waals surface area contributed by atoms with Crippen LogP contribution in [0.5, 0.6) is 0 Å². The molecule has 0 atom stereocenters. The zero-order chi connectivity index (χ0) is 8.69. The summed E-state index contributed by atoms with van der Waals surface area (Å²) in [5.41, 5.74) is 0. The highest BCUT2D eigenvalue weighted by Crippen LogP contribution is 1.80. The van der Waals surface area contributed by atoms with Gasteiger partial charge in [-0.3, -0.25) is 4.79 Å². The van der Waals surface area contributed by atoms with E-state index in [1.165, 1.54) is 0 Å². The first kappa shape index (κ1) is 13.9. The number of nitrogens with zero attached hydrogens (tertiary/aromatic N) is 1. The predicted molar refractivity (Wildman–Crippen MR) is 52.2 cm³/mol. The van der Waals surface area contributed by atoms with Crippen molar-refractivity contribution in [3.05, 3.63) is 0 Å². The maximum absolute atomic E-state index is 11.1. The molecule has 0 aromatic rings. The fourth-order valence-corrected chi connectivity index (χ4v) is 0.690. The van der Waals surface area contributed by atoms with Crippen molar-refractivity contribution in [2.45, 2.75) is 7.43 Å². The third kappa shape index (κ3) is 6.12. The summed E-state index contributed by atoms with van der Waals surface area (Å²) in [6.07, 6.45) is 0. The molecule has 0 heterocycles. The molecule has 0 bridgehead atoms. The molecule has 2 N–H and O–H groups in total. The van der Waals surface area contributed by atoms with Crippen LogP contribution in [0.15, 0.2) is 0 Å². The van der Waals surface area contributed by atoms with Gasteiger partial charge in [-0.05, 0) is 14.1 Å². The number of amides is 1. The summed E-state index contributed by atoms with van der Waals surface area (Å²) in [5, 5.41) is 5.79. The fraction of sp³-hybridized carbons (Fsp3) is 0.875. The molecule has 1 amide bonds. The Balaban J connectivity index is 0. The van der Waals surface area contributed by atoms with E-state index in [-0.39, 0.29) is 13.3 Å². The van der Waals surface area contributed by atoms with E-state index in [9.17, 15) is 4.79 Å². The minimum Gasteiger partial charge on any atom is -0.343 e. The van der Waals surface area contributed by atoms with Crippen LogP contribution in [0, 0.1) is 0 Å². The number of rotatable bonds is 5. The summed E-state index contributed by atoms with van der Waals surface area (Å²) in [6.45, 7) is 2.02. The molecular weight excluding hydrogens is 154 g/mol. The van der Waals surface area contributed by atoms with Gasteiger partial charge in [-0.2, -0.15) is 0 Å². The largest absolute Gasteiger partial charge is 0.343 e. The van der Waals surface area contributed by atoms with Gasteiger partial charge in [-0.15, -0.1) is 0 Å². The third-order valence-corrected chi connectivity index (χ3v) is 1.45. The lowest BCUT2D eigenvalue weighted by molar-refractivity contribution is -0.128. The highest BCUT2D eigenvalue weighted by molar-refractivity contribution is 5.77. The van der Waals surface area contributed by atoms with Crippen molar-refractivity contribution in [3.8, 4) is 0 Å². The van der Waals surface area contributed by atoms with Crippen LogP contribution in [0.1, 0.15) is 7.43 Å². The molecule has 12 heavy (non-hydrogen) atoms. The second-order valence-corrected chi connectivity index (χ2v) is 2.45. The topological polar surface area (TPSA) is 44.4 Å². The van der Waals surface area contributed by atoms with Gasteiger partial charge < -0.3 is 15.5 Å². The summed E-state index contributed by atoms with van der Waals surface area (Å²) in [7, 11) is 5.44. The molecule has 4 heteroatoms. The SMILES string of the molecule is C.CNCCN(C)C(=O)CNC. The van der Waals surface area contributed by atoms with Gasteiger partial charge in [0.1, 0.15) is 0 Å². The Hall–Kier alpha value is -0.610. The summed E-state index contributed by atoms with van der Waals surface area (Å²) in [6, 6.07) is 0. The minimum atomic E-state index is 0. The third-order valence-electron chi connectivity index (χ3n) is 1.45. The maximum Gasteiger partial charge on any atom is 0.236 e. The molecule has 4 nitrogen and oxygen atoms in total. The van der Waals surface area contributed by atoms with Gasteiger partial charge >= 0.3 is 0 Å². The van der Waals surface area contributed by atoms with E-state index in [1.807, 2.05) is 7.05 Å². The second-order valence-electron chi connectivity index (χ2n) is 2.45. The van der Waals surface area contributed by atoms with Crippen molar-refractivity contribution in [2.75, 3.05) is 40.8 Å². The van der Waals surface area contributed by atoms with Crippen molar-refractivity contribution in [1.82, 2.24) is 15.5 Å². The first-order valence-electron chi connectivity index (χ1n) is 3.75. The maximum atomic E-state index is 11.1. The normalized spacial score (nSPS) is 8.92. The van der Waals surface area contributed by atoms with E-state index in [0.717, 1.165) is 13.1 Å². The van der Waals surface area contributed by atoms with Crippen LogP contribution in [0.4, 0.5) is 0 Å². The van der Waals surface area contributed by atoms with E-state index >= 15 is 0 Å². The van der Waals surface area contributed by atoms with Crippen LogP contribution in [0.2, 0.25) is 0 Å². The van der Waals surface area contributed by atoms with Gasteiger partial charge in [0.2, 0.25) is 5.91 Å². The molecule has 0 rings (SSSR count). The van der Waals surface area contributed by atoms with Gasteiger partial charge in [0.15, 0.2) is 0 Å². The van der Waals surface area contributed by atoms with Gasteiger partial charge in [-0.1, -0.05) is 7.43 Å². The van der Waals surface area contributed by atoms with Crippen molar-refractivity contribution in [3.63, 3.8) is 0 Å². The second kappa shape index (κ2) is 8.49. The molecule has 0 fully saturated rings. The average molecular weight is 175 g/mol. The first-order valence-corrected chi connectivity index (χ1v) is 3.75. The van der Waals surface area contributed by atoms with Crippen molar-refractivity contribution in [1.29, 1.82) is 0 Å². The highest BCUT2D eigenvalue weighted by Gasteiger charge is 2.04. The molecule has 0 aliphatic rings. The van der Waals surface area contributed by atoms with Crippen LogP contribution >= 0.6 is 0 Å². The lowest BCUT2D eigenvalue weighted by atomic mass is 10.5. The molecule has 0 radical (unpaired) electrons. The lowest BCUT2D eigenvalue weighted by Gasteiger charge is -2.16. The van der Waals surface area contributed by atoms with Gasteiger partial charge in [0.05, 0.1) is 6.54 Å². The summed E-state index contributed by atoms with van der Waals surface area (Å²) >= 11 is 0. The van der Waals surface area contributed by atoms with E-state index < -0.39 is 0 Å². The molecule has 0 aliphatic heterocycles.